The minimum absolute atomic E-state index is 0.0845. The van der Waals surface area contributed by atoms with E-state index in [9.17, 15) is 0 Å². The summed E-state index contributed by atoms with van der Waals surface area (Å²) in [6.07, 6.45) is 7.44. The zero-order chi connectivity index (χ0) is 19.1. The van der Waals surface area contributed by atoms with Gasteiger partial charge in [-0.25, -0.2) is 4.99 Å². The topological polar surface area (TPSA) is 36.9 Å². The van der Waals surface area contributed by atoms with Gasteiger partial charge in [0.25, 0.3) is 0 Å². The molecule has 0 radical (unpaired) electrons. The van der Waals surface area contributed by atoms with E-state index < -0.39 is 0 Å². The molecular formula is C23H31N3O. The first-order chi connectivity index (χ1) is 13.0. The van der Waals surface area contributed by atoms with Crippen molar-refractivity contribution in [2.24, 2.45) is 4.99 Å². The maximum atomic E-state index is 5.70. The summed E-state index contributed by atoms with van der Waals surface area (Å²) in [7, 11) is 3.71. The lowest BCUT2D eigenvalue weighted by molar-refractivity contribution is 0.0928. The fraction of sp³-hybridized carbons (Fsp3) is 0.609. The molecule has 1 spiro atoms. The van der Waals surface area contributed by atoms with Crippen molar-refractivity contribution < 1.29 is 4.74 Å². The first-order valence-corrected chi connectivity index (χ1v) is 10.2. The van der Waals surface area contributed by atoms with Gasteiger partial charge in [-0.2, -0.15) is 0 Å². The van der Waals surface area contributed by atoms with Gasteiger partial charge in [0.05, 0.1) is 30.3 Å². The van der Waals surface area contributed by atoms with Crippen LogP contribution in [-0.4, -0.2) is 43.5 Å². The standard InChI is InChI=1S/C23H31N3O/c1-22(2)10-5-6-13-26(22)14-7-9-17-15-19-18(16-20(17)27-4)23(11-8-12-23)21(24-3)25-19/h15-16H,5-6,8,10-14H2,1-4H3,(H,24,25). The van der Waals surface area contributed by atoms with E-state index in [1.807, 2.05) is 7.05 Å². The molecule has 0 bridgehead atoms. The van der Waals surface area contributed by atoms with E-state index in [0.29, 0.717) is 0 Å². The predicted molar refractivity (Wildman–Crippen MR) is 111 cm³/mol. The average molecular weight is 366 g/mol. The summed E-state index contributed by atoms with van der Waals surface area (Å²) in [6, 6.07) is 4.30. The number of hydrogen-bond donors (Lipinski definition) is 1. The van der Waals surface area contributed by atoms with E-state index >= 15 is 0 Å². The molecule has 144 valence electrons. The van der Waals surface area contributed by atoms with Gasteiger partial charge in [-0.15, -0.1) is 0 Å². The summed E-state index contributed by atoms with van der Waals surface area (Å²) in [4.78, 5) is 7.38. The minimum atomic E-state index is 0.0845. The van der Waals surface area contributed by atoms with Crippen LogP contribution in [0.1, 0.15) is 63.5 Å². The van der Waals surface area contributed by atoms with Crippen LogP contribution in [0.25, 0.3) is 0 Å². The number of methoxy groups -OCH3 is 1. The Balaban J connectivity index is 1.61. The van der Waals surface area contributed by atoms with Crippen molar-refractivity contribution >= 4 is 11.5 Å². The fourth-order valence-corrected chi connectivity index (χ4v) is 4.84. The Morgan fingerprint density at radius 2 is 2.00 bits per heavy atom. The smallest absolute Gasteiger partial charge is 0.134 e. The molecule has 1 aliphatic carbocycles. The van der Waals surface area contributed by atoms with Crippen molar-refractivity contribution in [2.75, 3.05) is 27.2 Å². The molecule has 1 aromatic rings. The summed E-state index contributed by atoms with van der Waals surface area (Å²) < 4.78 is 5.70. The molecule has 0 amide bonds. The van der Waals surface area contributed by atoms with Crippen molar-refractivity contribution in [3.63, 3.8) is 0 Å². The maximum absolute atomic E-state index is 5.70. The van der Waals surface area contributed by atoms with Gasteiger partial charge >= 0.3 is 0 Å². The second-order valence-corrected chi connectivity index (χ2v) is 8.71. The van der Waals surface area contributed by atoms with Gasteiger partial charge in [-0.3, -0.25) is 4.90 Å². The number of aliphatic imine (C=N–C) groups is 1. The van der Waals surface area contributed by atoms with E-state index in [0.717, 1.165) is 48.8 Å². The van der Waals surface area contributed by atoms with Crippen molar-refractivity contribution in [3.8, 4) is 17.6 Å². The molecule has 3 aliphatic rings. The van der Waals surface area contributed by atoms with E-state index in [1.165, 1.54) is 31.2 Å². The third-order valence-corrected chi connectivity index (χ3v) is 6.78. The van der Waals surface area contributed by atoms with Crippen molar-refractivity contribution in [2.45, 2.75) is 63.3 Å². The number of rotatable bonds is 2. The quantitative estimate of drug-likeness (QED) is 0.805. The Labute approximate surface area is 163 Å². The van der Waals surface area contributed by atoms with Crippen LogP contribution in [0, 0.1) is 11.8 Å². The molecule has 27 heavy (non-hydrogen) atoms. The van der Waals surface area contributed by atoms with E-state index in [-0.39, 0.29) is 11.0 Å². The maximum Gasteiger partial charge on any atom is 0.134 e. The van der Waals surface area contributed by atoms with Crippen LogP contribution in [0.4, 0.5) is 5.69 Å². The third kappa shape index (κ3) is 3.02. The summed E-state index contributed by atoms with van der Waals surface area (Å²) in [5.74, 6) is 8.74. The van der Waals surface area contributed by atoms with Crippen LogP contribution in [0.15, 0.2) is 17.1 Å². The van der Waals surface area contributed by atoms with Gasteiger partial charge in [0, 0.05) is 12.6 Å². The summed E-state index contributed by atoms with van der Waals surface area (Å²) in [5.41, 5.74) is 3.64. The SMILES string of the molecule is CNC1=Nc2cc(C#CCN3CCCCC3(C)C)c(OC)cc2C12CCC2. The Morgan fingerprint density at radius 1 is 1.19 bits per heavy atom. The van der Waals surface area contributed by atoms with Gasteiger partial charge < -0.3 is 10.1 Å². The summed E-state index contributed by atoms with van der Waals surface area (Å²) in [6.45, 7) is 6.61. The molecule has 4 rings (SSSR count). The lowest BCUT2D eigenvalue weighted by Gasteiger charge is -2.41. The Bertz CT molecular complexity index is 824. The predicted octanol–water partition coefficient (Wildman–Crippen LogP) is 4.00. The number of nitrogens with one attached hydrogen (secondary N) is 1. The van der Waals surface area contributed by atoms with Crippen molar-refractivity contribution in [1.82, 2.24) is 10.2 Å². The van der Waals surface area contributed by atoms with Crippen LogP contribution in [0.5, 0.6) is 5.75 Å². The molecule has 0 unspecified atom stereocenters. The lowest BCUT2D eigenvalue weighted by Crippen LogP contribution is -2.47. The summed E-state index contributed by atoms with van der Waals surface area (Å²) >= 11 is 0. The molecule has 1 aromatic carbocycles. The molecule has 4 nitrogen and oxygen atoms in total. The van der Waals surface area contributed by atoms with E-state index in [2.05, 4.69) is 48.0 Å². The number of piperidine rings is 1. The second-order valence-electron chi connectivity index (χ2n) is 8.71. The number of likely N-dealkylation sites (tertiary alicyclic amines) is 1. The van der Waals surface area contributed by atoms with Crippen LogP contribution in [0.3, 0.4) is 0 Å². The minimum Gasteiger partial charge on any atom is -0.495 e. The molecule has 2 aliphatic heterocycles. The number of fused-ring (bicyclic) bond motifs is 2. The van der Waals surface area contributed by atoms with Gasteiger partial charge in [0.2, 0.25) is 0 Å². The van der Waals surface area contributed by atoms with E-state index in [4.69, 9.17) is 9.73 Å². The normalized spacial score (nSPS) is 22.3. The Hall–Kier alpha value is -1.99. The van der Waals surface area contributed by atoms with Crippen LogP contribution < -0.4 is 10.1 Å². The zero-order valence-corrected chi connectivity index (χ0v) is 17.1. The lowest BCUT2D eigenvalue weighted by atomic mass is 9.64. The molecule has 1 N–H and O–H groups in total. The summed E-state index contributed by atoms with van der Waals surface area (Å²) in [5, 5.41) is 3.32. The zero-order valence-electron chi connectivity index (χ0n) is 17.1. The highest BCUT2D eigenvalue weighted by molar-refractivity contribution is 6.01. The monoisotopic (exact) mass is 365 g/mol. The highest BCUT2D eigenvalue weighted by Gasteiger charge is 2.48. The Kier molecular flexibility index (Phi) is 4.68. The first-order valence-electron chi connectivity index (χ1n) is 10.2. The van der Waals surface area contributed by atoms with E-state index in [1.54, 1.807) is 7.11 Å². The number of amidine groups is 1. The number of ether oxygens (including phenoxy) is 1. The molecule has 4 heteroatoms. The second kappa shape index (κ2) is 6.87. The first kappa shape index (κ1) is 18.4. The van der Waals surface area contributed by atoms with Crippen molar-refractivity contribution in [3.05, 3.63) is 23.3 Å². The molecule has 1 saturated carbocycles. The van der Waals surface area contributed by atoms with Gasteiger partial charge in [-0.1, -0.05) is 24.7 Å². The molecule has 2 fully saturated rings. The van der Waals surface area contributed by atoms with Gasteiger partial charge in [-0.05, 0) is 63.8 Å². The number of nitrogens with zero attached hydrogens (tertiary/aromatic N) is 2. The van der Waals surface area contributed by atoms with Crippen LogP contribution in [-0.2, 0) is 5.41 Å². The molecular weight excluding hydrogens is 334 g/mol. The fourth-order valence-electron chi connectivity index (χ4n) is 4.84. The van der Waals surface area contributed by atoms with Crippen molar-refractivity contribution in [1.29, 1.82) is 0 Å². The van der Waals surface area contributed by atoms with Gasteiger partial charge in [0.1, 0.15) is 11.6 Å². The Morgan fingerprint density at radius 3 is 2.63 bits per heavy atom. The largest absolute Gasteiger partial charge is 0.495 e. The van der Waals surface area contributed by atoms with Crippen LogP contribution in [0.2, 0.25) is 0 Å². The number of hydrogen-bond acceptors (Lipinski definition) is 4. The van der Waals surface area contributed by atoms with Gasteiger partial charge in [0.15, 0.2) is 0 Å². The molecule has 0 atom stereocenters. The molecule has 0 aromatic heterocycles. The van der Waals surface area contributed by atoms with Crippen LogP contribution >= 0.6 is 0 Å². The highest BCUT2D eigenvalue weighted by Crippen LogP contribution is 2.53. The third-order valence-electron chi connectivity index (χ3n) is 6.78. The molecule has 1 saturated heterocycles. The average Bonchev–Trinajstić information content (AvgIpc) is 2.95. The molecule has 2 heterocycles. The number of benzene rings is 1. The number of likely N-dealkylation sites (N-methyl/N-ethyl adjacent to an activating group) is 1. The highest BCUT2D eigenvalue weighted by atomic mass is 16.5.